The maximum Gasteiger partial charge on any atom is 0.253 e. The van der Waals surface area contributed by atoms with E-state index in [1.165, 1.54) is 7.11 Å². The number of amides is 1. The van der Waals surface area contributed by atoms with Crippen LogP contribution >= 0.6 is 0 Å². The van der Waals surface area contributed by atoms with Crippen molar-refractivity contribution >= 4 is 5.91 Å². The van der Waals surface area contributed by atoms with Gasteiger partial charge in [-0.25, -0.2) is 0 Å². The van der Waals surface area contributed by atoms with E-state index in [2.05, 4.69) is 0 Å². The lowest BCUT2D eigenvalue weighted by Gasteiger charge is -2.29. The van der Waals surface area contributed by atoms with E-state index in [1.54, 1.807) is 4.90 Å². The molecule has 0 spiro atoms. The van der Waals surface area contributed by atoms with Crippen molar-refractivity contribution in [3.63, 3.8) is 0 Å². The van der Waals surface area contributed by atoms with Crippen LogP contribution in [0.1, 0.15) is 27.2 Å². The zero-order chi connectivity index (χ0) is 11.1. The van der Waals surface area contributed by atoms with Crippen molar-refractivity contribution < 1.29 is 9.53 Å². The number of hydrogen-bond acceptors (Lipinski definition) is 3. The molecule has 0 aromatic rings. The van der Waals surface area contributed by atoms with Gasteiger partial charge in [0.25, 0.3) is 5.91 Å². The Kier molecular flexibility index (Phi) is 6.49. The van der Waals surface area contributed by atoms with E-state index in [9.17, 15) is 4.79 Å². The highest BCUT2D eigenvalue weighted by molar-refractivity contribution is 5.81. The molecule has 0 aliphatic heterocycles. The fraction of sp³-hybridized carbons (Fsp3) is 0.900. The van der Waals surface area contributed by atoms with Gasteiger partial charge in [-0.15, -0.1) is 0 Å². The van der Waals surface area contributed by atoms with E-state index in [0.29, 0.717) is 0 Å². The molecule has 0 radical (unpaired) electrons. The van der Waals surface area contributed by atoms with Crippen LogP contribution in [-0.2, 0) is 9.53 Å². The van der Waals surface area contributed by atoms with Crippen molar-refractivity contribution in [3.8, 4) is 0 Å². The van der Waals surface area contributed by atoms with Crippen LogP contribution in [0.25, 0.3) is 0 Å². The Labute approximate surface area is 86.4 Å². The minimum Gasteiger partial charge on any atom is -0.370 e. The lowest BCUT2D eigenvalue weighted by atomic mass is 10.2. The summed E-state index contributed by atoms with van der Waals surface area (Å²) in [5, 5.41) is 0. The fourth-order valence-electron chi connectivity index (χ4n) is 1.35. The summed E-state index contributed by atoms with van der Waals surface area (Å²) < 4.78 is 5.02. The number of carbonyl (C=O) groups is 1. The minimum absolute atomic E-state index is 0.00755. The van der Waals surface area contributed by atoms with E-state index in [1.807, 2.05) is 20.8 Å². The molecule has 0 aliphatic carbocycles. The fourth-order valence-corrected chi connectivity index (χ4v) is 1.35. The summed E-state index contributed by atoms with van der Waals surface area (Å²) in [7, 11) is 1.51. The predicted octanol–water partition coefficient (Wildman–Crippen LogP) is 0.607. The molecule has 14 heavy (non-hydrogen) atoms. The Morgan fingerprint density at radius 3 is 2.36 bits per heavy atom. The first-order chi connectivity index (χ1) is 6.58. The second-order valence-corrected chi connectivity index (χ2v) is 3.59. The van der Waals surface area contributed by atoms with Crippen molar-refractivity contribution in [2.75, 3.05) is 20.2 Å². The molecule has 0 bridgehead atoms. The van der Waals surface area contributed by atoms with Gasteiger partial charge in [0.15, 0.2) is 0 Å². The van der Waals surface area contributed by atoms with Crippen LogP contribution in [-0.4, -0.2) is 43.2 Å². The zero-order valence-corrected chi connectivity index (χ0v) is 9.62. The summed E-state index contributed by atoms with van der Waals surface area (Å²) in [4.78, 5) is 13.7. The van der Waals surface area contributed by atoms with Crippen molar-refractivity contribution in [3.05, 3.63) is 0 Å². The van der Waals surface area contributed by atoms with E-state index in [0.717, 1.165) is 13.0 Å². The van der Waals surface area contributed by atoms with Crippen LogP contribution in [0.15, 0.2) is 0 Å². The quantitative estimate of drug-likeness (QED) is 0.686. The van der Waals surface area contributed by atoms with Crippen molar-refractivity contribution in [2.45, 2.75) is 39.3 Å². The van der Waals surface area contributed by atoms with E-state index in [4.69, 9.17) is 10.5 Å². The second-order valence-electron chi connectivity index (χ2n) is 3.59. The lowest BCUT2D eigenvalue weighted by molar-refractivity contribution is -0.143. The van der Waals surface area contributed by atoms with Gasteiger partial charge in [-0.1, -0.05) is 6.92 Å². The number of nitrogens with zero attached hydrogens (tertiary/aromatic N) is 1. The highest BCUT2D eigenvalue weighted by atomic mass is 16.5. The number of nitrogens with two attached hydrogens (primary N) is 1. The monoisotopic (exact) mass is 202 g/mol. The maximum absolute atomic E-state index is 11.9. The van der Waals surface area contributed by atoms with Crippen LogP contribution < -0.4 is 5.73 Å². The molecule has 0 aliphatic rings. The molecular formula is C10H22N2O2. The Morgan fingerprint density at radius 1 is 1.50 bits per heavy atom. The van der Waals surface area contributed by atoms with Crippen molar-refractivity contribution in [1.82, 2.24) is 4.90 Å². The highest BCUT2D eigenvalue weighted by Crippen LogP contribution is 2.04. The van der Waals surface area contributed by atoms with Crippen molar-refractivity contribution in [2.24, 2.45) is 5.73 Å². The molecule has 1 unspecified atom stereocenters. The number of hydrogen-bond donors (Lipinski definition) is 1. The SMILES string of the molecule is CCCN(C(=O)C(CN)OC)C(C)C. The van der Waals surface area contributed by atoms with Gasteiger partial charge < -0.3 is 15.4 Å². The molecule has 2 N–H and O–H groups in total. The number of rotatable bonds is 6. The number of ether oxygens (including phenoxy) is 1. The summed E-state index contributed by atoms with van der Waals surface area (Å²) in [5.41, 5.74) is 5.45. The third-order valence-corrected chi connectivity index (χ3v) is 2.14. The van der Waals surface area contributed by atoms with Crippen LogP contribution in [0.2, 0.25) is 0 Å². The molecule has 0 aromatic heterocycles. The predicted molar refractivity (Wildman–Crippen MR) is 57.0 cm³/mol. The average molecular weight is 202 g/mol. The first kappa shape index (κ1) is 13.4. The Morgan fingerprint density at radius 2 is 2.07 bits per heavy atom. The number of carbonyl (C=O) groups excluding carboxylic acids is 1. The first-order valence-electron chi connectivity index (χ1n) is 5.11. The van der Waals surface area contributed by atoms with Crippen LogP contribution in [0.5, 0.6) is 0 Å². The number of methoxy groups -OCH3 is 1. The molecule has 84 valence electrons. The molecule has 0 heterocycles. The Balaban J connectivity index is 4.40. The van der Waals surface area contributed by atoms with Gasteiger partial charge in [0.05, 0.1) is 0 Å². The molecule has 4 nitrogen and oxygen atoms in total. The van der Waals surface area contributed by atoms with Gasteiger partial charge in [0.1, 0.15) is 6.10 Å². The van der Waals surface area contributed by atoms with Gasteiger partial charge in [0.2, 0.25) is 0 Å². The molecule has 4 heteroatoms. The normalized spacial score (nSPS) is 13.0. The molecule has 0 saturated carbocycles. The zero-order valence-electron chi connectivity index (χ0n) is 9.62. The molecule has 1 amide bonds. The minimum atomic E-state index is -0.496. The molecule has 1 atom stereocenters. The molecule has 0 saturated heterocycles. The van der Waals surface area contributed by atoms with E-state index >= 15 is 0 Å². The van der Waals surface area contributed by atoms with Crippen LogP contribution in [0.4, 0.5) is 0 Å². The Hall–Kier alpha value is -0.610. The van der Waals surface area contributed by atoms with E-state index < -0.39 is 6.10 Å². The Bertz CT molecular complexity index is 168. The third kappa shape index (κ3) is 3.64. The average Bonchev–Trinajstić information content (AvgIpc) is 2.15. The van der Waals surface area contributed by atoms with Gasteiger partial charge in [0, 0.05) is 26.2 Å². The molecular weight excluding hydrogens is 180 g/mol. The van der Waals surface area contributed by atoms with Crippen LogP contribution in [0.3, 0.4) is 0 Å². The van der Waals surface area contributed by atoms with Gasteiger partial charge in [-0.3, -0.25) is 4.79 Å². The van der Waals surface area contributed by atoms with E-state index in [-0.39, 0.29) is 18.5 Å². The standard InChI is InChI=1S/C10H22N2O2/c1-5-6-12(8(2)3)10(13)9(7-11)14-4/h8-9H,5-7,11H2,1-4H3. The largest absolute Gasteiger partial charge is 0.370 e. The van der Waals surface area contributed by atoms with Gasteiger partial charge in [-0.05, 0) is 20.3 Å². The highest BCUT2D eigenvalue weighted by Gasteiger charge is 2.23. The summed E-state index contributed by atoms with van der Waals surface area (Å²) in [5.74, 6) is -0.00755. The summed E-state index contributed by atoms with van der Waals surface area (Å²) in [6.45, 7) is 7.04. The van der Waals surface area contributed by atoms with Gasteiger partial charge in [-0.2, -0.15) is 0 Å². The topological polar surface area (TPSA) is 55.6 Å². The van der Waals surface area contributed by atoms with Crippen LogP contribution in [0, 0.1) is 0 Å². The first-order valence-corrected chi connectivity index (χ1v) is 5.11. The second kappa shape index (κ2) is 6.79. The summed E-state index contributed by atoms with van der Waals surface area (Å²) in [6.07, 6.45) is 0.453. The lowest BCUT2D eigenvalue weighted by Crippen LogP contribution is -2.47. The van der Waals surface area contributed by atoms with Gasteiger partial charge >= 0.3 is 0 Å². The molecule has 0 rings (SSSR count). The summed E-state index contributed by atoms with van der Waals surface area (Å²) in [6, 6.07) is 0.201. The molecule has 0 aromatic carbocycles. The third-order valence-electron chi connectivity index (χ3n) is 2.14. The summed E-state index contributed by atoms with van der Waals surface area (Å²) >= 11 is 0. The molecule has 0 fully saturated rings. The van der Waals surface area contributed by atoms with Crippen molar-refractivity contribution in [1.29, 1.82) is 0 Å². The maximum atomic E-state index is 11.9. The smallest absolute Gasteiger partial charge is 0.253 e.